The van der Waals surface area contributed by atoms with Crippen LogP contribution in [0, 0.1) is 35.7 Å². The number of carbonyl (C=O) groups is 1. The number of ketones is 1. The number of carbonyl (C=O) groups excluding carboxylic acids is 1. The van der Waals surface area contributed by atoms with Crippen LogP contribution in [0.3, 0.4) is 0 Å². The highest BCUT2D eigenvalue weighted by Crippen LogP contribution is 2.48. The Balaban J connectivity index is 1.33. The average Bonchev–Trinajstić information content (AvgIpc) is 3.34. The Morgan fingerprint density at radius 3 is 2.81 bits per heavy atom. The number of aromatic nitrogens is 3. The van der Waals surface area contributed by atoms with Crippen molar-refractivity contribution in [2.45, 2.75) is 56.0 Å². The number of ether oxygens (including phenoxy) is 1. The predicted molar refractivity (Wildman–Crippen MR) is 165 cm³/mol. The smallest absolute Gasteiger partial charge is 0.319 e. The molecule has 1 saturated carbocycles. The van der Waals surface area contributed by atoms with Gasteiger partial charge in [-0.25, -0.2) is 22.0 Å². The molecule has 5 atom stereocenters. The zero-order chi connectivity index (χ0) is 34.6. The number of pyridine rings is 1. The Bertz CT molecular complexity index is 2130. The summed E-state index contributed by atoms with van der Waals surface area (Å²) in [5, 5.41) is 0.0714. The number of hydrogen-bond acceptors (Lipinski definition) is 8. The Hall–Kier alpha value is -4.57. The minimum atomic E-state index is -2.53. The van der Waals surface area contributed by atoms with E-state index in [0.717, 1.165) is 6.07 Å². The minimum absolute atomic E-state index is 0.00862. The van der Waals surface area contributed by atoms with Gasteiger partial charge >= 0.3 is 6.01 Å². The highest BCUT2D eigenvalue weighted by Gasteiger charge is 2.57. The summed E-state index contributed by atoms with van der Waals surface area (Å²) in [4.78, 5) is 28.8. The van der Waals surface area contributed by atoms with E-state index in [9.17, 15) is 18.0 Å². The molecule has 0 radical (unpaired) electrons. The predicted octanol–water partition coefficient (Wildman–Crippen LogP) is 5.29. The molecule has 242 valence electrons. The normalized spacial score (nSPS) is 28.1. The summed E-state index contributed by atoms with van der Waals surface area (Å²) in [6.07, 6.45) is 5.06. The molecule has 0 amide bonds. The largest absolute Gasteiger partial charge is 0.461 e. The molecular formula is C34H29F5N6O2. The number of nitrogens with two attached hydrogens (primary N) is 1. The van der Waals surface area contributed by atoms with Gasteiger partial charge < -0.3 is 15.4 Å². The number of rotatable bonds is 5. The number of anilines is 2. The summed E-state index contributed by atoms with van der Waals surface area (Å²) >= 11 is 0. The number of benzene rings is 2. The highest BCUT2D eigenvalue weighted by atomic mass is 19.2. The van der Waals surface area contributed by atoms with Gasteiger partial charge in [-0.15, -0.1) is 6.42 Å². The molecule has 0 bridgehead atoms. The molecule has 1 aliphatic carbocycles. The average molecular weight is 651 g/mol. The third-order valence-electron chi connectivity index (χ3n) is 9.89. The Morgan fingerprint density at radius 1 is 1.17 bits per heavy atom. The molecule has 8 rings (SSSR count). The van der Waals surface area contributed by atoms with Crippen molar-refractivity contribution in [2.75, 3.05) is 36.8 Å². The molecule has 3 saturated heterocycles. The van der Waals surface area contributed by atoms with E-state index in [1.165, 1.54) is 23.2 Å². The molecule has 4 aromatic rings. The van der Waals surface area contributed by atoms with Crippen LogP contribution < -0.4 is 15.4 Å². The van der Waals surface area contributed by atoms with Crippen molar-refractivity contribution in [1.29, 1.82) is 0 Å². The molecule has 2 aromatic heterocycles. The topological polar surface area (TPSA) is 97.5 Å². The fraction of sp³-hybridized carbons (Fsp3) is 0.412. The molecular weight excluding hydrogens is 619 g/mol. The van der Waals surface area contributed by atoms with Crippen LogP contribution in [-0.2, 0) is 4.79 Å². The summed E-state index contributed by atoms with van der Waals surface area (Å²) in [5.41, 5.74) is 3.51. The first-order valence-corrected chi connectivity index (χ1v) is 15.4. The van der Waals surface area contributed by atoms with E-state index in [4.69, 9.17) is 19.6 Å². The van der Waals surface area contributed by atoms with E-state index in [-0.39, 0.29) is 77.1 Å². The van der Waals surface area contributed by atoms with E-state index in [0.29, 0.717) is 19.4 Å². The van der Waals surface area contributed by atoms with Crippen LogP contribution in [0.5, 0.6) is 6.01 Å². The number of nitrogen functional groups attached to an aromatic ring is 1. The van der Waals surface area contributed by atoms with E-state index < -0.39 is 70.9 Å². The van der Waals surface area contributed by atoms with E-state index >= 15 is 8.78 Å². The van der Waals surface area contributed by atoms with E-state index in [1.54, 1.807) is 4.90 Å². The third-order valence-corrected chi connectivity index (χ3v) is 9.89. The van der Waals surface area contributed by atoms with Gasteiger partial charge in [0.25, 0.3) is 0 Å². The molecule has 2 N–H and O–H groups in total. The van der Waals surface area contributed by atoms with Gasteiger partial charge in [-0.3, -0.25) is 14.7 Å². The maximum absolute atomic E-state index is 16.9. The van der Waals surface area contributed by atoms with Crippen LogP contribution in [0.2, 0.25) is 0 Å². The summed E-state index contributed by atoms with van der Waals surface area (Å²) < 4.78 is 99.8. The number of halogens is 5. The number of alkyl halides is 2. The monoisotopic (exact) mass is 650 g/mol. The van der Waals surface area contributed by atoms with Gasteiger partial charge in [-0.05, 0) is 43.0 Å². The second-order valence-electron chi connectivity index (χ2n) is 12.7. The van der Waals surface area contributed by atoms with Gasteiger partial charge in [-0.2, -0.15) is 9.97 Å². The van der Waals surface area contributed by atoms with Gasteiger partial charge in [0.05, 0.1) is 25.3 Å². The standard InChI is InChI=1S/C34H29F5N6O2/c1-2-20-25-16(9-24(36)26(20)37)8-18(40)10-21(25)29-28(39)30-23(13-41-29)32(45-7-4-19(46)11-22-27(38)31(22)45)43-33(42-30)47-15-34-5-3-6-44(34)14-17(35)12-34/h1,8-10,13,17,22,27,31H,3-7,11-12,14-15,40H2/t17-,22+,27-,31+,34+/m1/s1/i15D2. The van der Waals surface area contributed by atoms with E-state index in [2.05, 4.69) is 20.9 Å². The number of hydrogen-bond donors (Lipinski definition) is 1. The highest BCUT2D eigenvalue weighted by molar-refractivity contribution is 6.04. The second kappa shape index (κ2) is 10.7. The van der Waals surface area contributed by atoms with E-state index in [1.807, 2.05) is 0 Å². The molecule has 2 aromatic carbocycles. The molecule has 47 heavy (non-hydrogen) atoms. The molecule has 3 aliphatic heterocycles. The quantitative estimate of drug-likeness (QED) is 0.177. The van der Waals surface area contributed by atoms with Crippen molar-refractivity contribution in [3.8, 4) is 29.6 Å². The van der Waals surface area contributed by atoms with Crippen LogP contribution >= 0.6 is 0 Å². The molecule has 5 heterocycles. The van der Waals surface area contributed by atoms with Gasteiger partial charge in [0.15, 0.2) is 17.5 Å². The summed E-state index contributed by atoms with van der Waals surface area (Å²) in [6, 6.07) is 2.20. The van der Waals surface area contributed by atoms with Crippen molar-refractivity contribution in [3.63, 3.8) is 0 Å². The lowest BCUT2D eigenvalue weighted by atomic mass is 9.95. The van der Waals surface area contributed by atoms with Crippen molar-refractivity contribution >= 4 is 39.0 Å². The molecule has 4 aliphatic rings. The van der Waals surface area contributed by atoms with Crippen LogP contribution in [0.15, 0.2) is 24.4 Å². The second-order valence-corrected chi connectivity index (χ2v) is 12.7. The molecule has 0 spiro atoms. The van der Waals surface area contributed by atoms with Crippen molar-refractivity contribution in [3.05, 3.63) is 47.4 Å². The SMILES string of the molecule is [2H]C([2H])(Oc1nc(N2CCC(=O)C[C@H]3[C@@H](F)[C@H]32)c2cnc(-c3cc(N)cc4cc(F)c(F)c(C#C)c34)c(F)c2n1)[C@@]12CCCN1C[C@H](F)C2. The van der Waals surface area contributed by atoms with Crippen LogP contribution in [0.1, 0.15) is 40.4 Å². The first kappa shape index (κ1) is 27.5. The van der Waals surface area contributed by atoms with Crippen molar-refractivity contribution in [2.24, 2.45) is 5.92 Å². The van der Waals surface area contributed by atoms with Crippen molar-refractivity contribution in [1.82, 2.24) is 19.9 Å². The van der Waals surface area contributed by atoms with Gasteiger partial charge in [0.2, 0.25) is 0 Å². The minimum Gasteiger partial charge on any atom is -0.461 e. The maximum atomic E-state index is 16.9. The summed E-state index contributed by atoms with van der Waals surface area (Å²) in [5.74, 6) is -2.25. The summed E-state index contributed by atoms with van der Waals surface area (Å²) in [7, 11) is 0. The zero-order valence-corrected chi connectivity index (χ0v) is 24.9. The molecule has 8 nitrogen and oxygen atoms in total. The zero-order valence-electron chi connectivity index (χ0n) is 26.9. The Morgan fingerprint density at radius 2 is 2.00 bits per heavy atom. The number of terminal acetylenes is 1. The lowest BCUT2D eigenvalue weighted by molar-refractivity contribution is -0.119. The van der Waals surface area contributed by atoms with Gasteiger partial charge in [0.1, 0.15) is 41.7 Å². The fourth-order valence-electron chi connectivity index (χ4n) is 7.66. The first-order chi connectivity index (χ1) is 23.3. The number of Topliss-reactive ketones (excluding diaryl/α,β-unsaturated/α-hetero) is 1. The van der Waals surface area contributed by atoms with Gasteiger partial charge in [0, 0.05) is 61.1 Å². The van der Waals surface area contributed by atoms with Gasteiger partial charge in [-0.1, -0.05) is 5.92 Å². The Labute approximate surface area is 268 Å². The molecule has 0 unspecified atom stereocenters. The third kappa shape index (κ3) is 4.67. The number of nitrogens with zero attached hydrogens (tertiary/aromatic N) is 5. The molecule has 4 fully saturated rings. The lowest BCUT2D eigenvalue weighted by Crippen LogP contribution is -2.43. The molecule has 13 heteroatoms. The number of fused-ring (bicyclic) bond motifs is 4. The van der Waals surface area contributed by atoms with Crippen LogP contribution in [0.4, 0.5) is 33.5 Å². The first-order valence-electron chi connectivity index (χ1n) is 16.4. The fourth-order valence-corrected chi connectivity index (χ4v) is 7.66. The van der Waals surface area contributed by atoms with Crippen molar-refractivity contribution < 1.29 is 34.2 Å². The van der Waals surface area contributed by atoms with Crippen LogP contribution in [-0.4, -0.2) is 75.8 Å². The lowest BCUT2D eigenvalue weighted by Gasteiger charge is -2.31. The summed E-state index contributed by atoms with van der Waals surface area (Å²) in [6.45, 7) is -1.98. The van der Waals surface area contributed by atoms with Crippen LogP contribution in [0.25, 0.3) is 32.9 Å². The maximum Gasteiger partial charge on any atom is 0.319 e. The Kier molecular flexibility index (Phi) is 6.29.